The number of hydrogen-bond donors (Lipinski definition) is 2. The maximum absolute atomic E-state index is 11.7. The van der Waals surface area contributed by atoms with Gasteiger partial charge in [-0.05, 0) is 37.3 Å². The zero-order valence-electron chi connectivity index (χ0n) is 10.5. The van der Waals surface area contributed by atoms with Gasteiger partial charge in [0, 0.05) is 10.5 Å². The third kappa shape index (κ3) is 2.21. The summed E-state index contributed by atoms with van der Waals surface area (Å²) in [6, 6.07) is 5.27. The zero-order valence-corrected chi connectivity index (χ0v) is 11.3. The normalized spacial score (nSPS) is 18.5. The van der Waals surface area contributed by atoms with Crippen LogP contribution in [0.3, 0.4) is 0 Å². The van der Waals surface area contributed by atoms with Gasteiger partial charge < -0.3 is 10.2 Å². The first-order valence-corrected chi connectivity index (χ1v) is 7.43. The number of carboxylic acids is 1. The Kier molecular flexibility index (Phi) is 3.85. The van der Waals surface area contributed by atoms with Crippen LogP contribution in [0.4, 0.5) is 0 Å². The summed E-state index contributed by atoms with van der Waals surface area (Å²) in [5, 5.41) is 19.6. The highest BCUT2D eigenvalue weighted by molar-refractivity contribution is 7.98. The van der Waals surface area contributed by atoms with Gasteiger partial charge in [-0.25, -0.2) is 0 Å². The molecule has 0 atom stereocenters. The first-order valence-electron chi connectivity index (χ1n) is 6.21. The third-order valence-corrected chi connectivity index (χ3v) is 4.56. The number of phenolic OH excluding ortho intramolecular Hbond substituents is 1. The molecule has 1 fully saturated rings. The molecule has 0 spiro atoms. The van der Waals surface area contributed by atoms with Crippen molar-refractivity contribution < 1.29 is 15.0 Å². The molecule has 1 aromatic carbocycles. The Labute approximate surface area is 111 Å². The number of thioether (sulfide) groups is 1. The van der Waals surface area contributed by atoms with Gasteiger partial charge in [-0.2, -0.15) is 0 Å². The summed E-state index contributed by atoms with van der Waals surface area (Å²) in [5.41, 5.74) is -0.310. The van der Waals surface area contributed by atoms with E-state index in [9.17, 15) is 15.0 Å². The van der Waals surface area contributed by atoms with Crippen LogP contribution < -0.4 is 0 Å². The second kappa shape index (κ2) is 5.22. The van der Waals surface area contributed by atoms with Crippen molar-refractivity contribution in [3.8, 4) is 5.75 Å². The highest BCUT2D eigenvalue weighted by Gasteiger charge is 2.43. The number of hydrogen-bond acceptors (Lipinski definition) is 3. The largest absolute Gasteiger partial charge is 0.508 e. The van der Waals surface area contributed by atoms with E-state index in [0.717, 1.165) is 24.2 Å². The fourth-order valence-corrected chi connectivity index (χ4v) is 3.22. The Balaban J connectivity index is 2.51. The highest BCUT2D eigenvalue weighted by atomic mass is 32.2. The topological polar surface area (TPSA) is 57.5 Å². The molecule has 0 aromatic heterocycles. The third-order valence-electron chi connectivity index (χ3n) is 3.84. The highest BCUT2D eigenvalue weighted by Crippen LogP contribution is 2.44. The Morgan fingerprint density at radius 2 is 1.94 bits per heavy atom. The van der Waals surface area contributed by atoms with E-state index in [2.05, 4.69) is 0 Å². The molecule has 2 N–H and O–H groups in total. The summed E-state index contributed by atoms with van der Waals surface area (Å²) in [4.78, 5) is 12.7. The Morgan fingerprint density at radius 3 is 2.50 bits per heavy atom. The molecule has 1 aromatic rings. The Bertz CT molecular complexity index is 450. The van der Waals surface area contributed by atoms with Crippen molar-refractivity contribution in [2.45, 2.75) is 42.4 Å². The molecular formula is C14H18O3S. The van der Waals surface area contributed by atoms with E-state index in [-0.39, 0.29) is 5.75 Å². The van der Waals surface area contributed by atoms with E-state index in [1.54, 1.807) is 17.8 Å². The number of phenols is 1. The zero-order chi connectivity index (χ0) is 13.2. The van der Waals surface area contributed by atoms with Crippen molar-refractivity contribution in [3.63, 3.8) is 0 Å². The lowest BCUT2D eigenvalue weighted by Gasteiger charge is -2.34. The van der Waals surface area contributed by atoms with E-state index >= 15 is 0 Å². The Morgan fingerprint density at radius 1 is 1.28 bits per heavy atom. The lowest BCUT2D eigenvalue weighted by Crippen LogP contribution is -2.37. The minimum atomic E-state index is -0.895. The quantitative estimate of drug-likeness (QED) is 0.823. The van der Waals surface area contributed by atoms with Crippen molar-refractivity contribution in [2.75, 3.05) is 6.26 Å². The van der Waals surface area contributed by atoms with Crippen molar-refractivity contribution in [2.24, 2.45) is 0 Å². The second-order valence-electron chi connectivity index (χ2n) is 4.83. The number of carboxylic acid groups (broad SMARTS) is 1. The summed E-state index contributed by atoms with van der Waals surface area (Å²) in [5.74, 6) is -0.701. The molecule has 18 heavy (non-hydrogen) atoms. The van der Waals surface area contributed by atoms with Gasteiger partial charge in [0.1, 0.15) is 5.75 Å². The number of benzene rings is 1. The minimum Gasteiger partial charge on any atom is -0.508 e. The van der Waals surface area contributed by atoms with E-state index in [1.165, 1.54) is 0 Å². The van der Waals surface area contributed by atoms with Crippen LogP contribution in [-0.4, -0.2) is 22.4 Å². The van der Waals surface area contributed by atoms with Gasteiger partial charge in [0.2, 0.25) is 0 Å². The summed E-state index contributed by atoms with van der Waals surface area (Å²) in [7, 11) is 0. The first-order chi connectivity index (χ1) is 8.60. The lowest BCUT2D eigenvalue weighted by molar-refractivity contribution is -0.145. The predicted octanol–water partition coefficient (Wildman–Crippen LogP) is 3.40. The van der Waals surface area contributed by atoms with E-state index in [1.807, 2.05) is 18.4 Å². The molecule has 0 unspecified atom stereocenters. The van der Waals surface area contributed by atoms with Crippen LogP contribution in [0.15, 0.2) is 23.1 Å². The molecule has 0 amide bonds. The van der Waals surface area contributed by atoms with E-state index in [4.69, 9.17) is 0 Å². The van der Waals surface area contributed by atoms with Crippen LogP contribution in [0.25, 0.3) is 0 Å². The van der Waals surface area contributed by atoms with Gasteiger partial charge in [0.15, 0.2) is 0 Å². The molecule has 98 valence electrons. The smallest absolute Gasteiger partial charge is 0.314 e. The van der Waals surface area contributed by atoms with E-state index in [0.29, 0.717) is 18.4 Å². The molecule has 0 bridgehead atoms. The molecular weight excluding hydrogens is 248 g/mol. The average Bonchev–Trinajstić information content (AvgIpc) is 2.40. The molecule has 3 nitrogen and oxygen atoms in total. The summed E-state index contributed by atoms with van der Waals surface area (Å²) in [6.07, 6.45) is 6.09. The van der Waals surface area contributed by atoms with Crippen LogP contribution >= 0.6 is 11.8 Å². The number of carbonyl (C=O) groups is 1. The fourth-order valence-electron chi connectivity index (χ4n) is 2.78. The van der Waals surface area contributed by atoms with Gasteiger partial charge in [0.25, 0.3) is 0 Å². The molecule has 1 aliphatic rings. The molecule has 1 aliphatic carbocycles. The number of aliphatic carboxylic acids is 1. The van der Waals surface area contributed by atoms with Crippen LogP contribution in [0.2, 0.25) is 0 Å². The van der Waals surface area contributed by atoms with Crippen LogP contribution in [0.1, 0.15) is 37.7 Å². The lowest BCUT2D eigenvalue weighted by atomic mass is 9.69. The summed E-state index contributed by atoms with van der Waals surface area (Å²) >= 11 is 1.56. The fraction of sp³-hybridized carbons (Fsp3) is 0.500. The monoisotopic (exact) mass is 266 g/mol. The number of rotatable bonds is 3. The van der Waals surface area contributed by atoms with Crippen LogP contribution in [0, 0.1) is 0 Å². The number of aromatic hydroxyl groups is 1. The molecule has 0 heterocycles. The van der Waals surface area contributed by atoms with Gasteiger partial charge in [-0.15, -0.1) is 11.8 Å². The van der Waals surface area contributed by atoms with Gasteiger partial charge in [-0.3, -0.25) is 4.79 Å². The molecule has 2 rings (SSSR count). The standard InChI is InChI=1S/C14H18O3S/c1-18-10-5-6-12(15)11(9-10)14(13(16)17)7-3-2-4-8-14/h5-6,9,15H,2-4,7-8H2,1H3,(H,16,17). The van der Waals surface area contributed by atoms with E-state index < -0.39 is 11.4 Å². The first kappa shape index (κ1) is 13.3. The van der Waals surface area contributed by atoms with Crippen molar-refractivity contribution in [1.29, 1.82) is 0 Å². The van der Waals surface area contributed by atoms with Gasteiger partial charge >= 0.3 is 5.97 Å². The summed E-state index contributed by atoms with van der Waals surface area (Å²) < 4.78 is 0. The van der Waals surface area contributed by atoms with Gasteiger partial charge in [0.05, 0.1) is 5.41 Å². The van der Waals surface area contributed by atoms with Gasteiger partial charge in [-0.1, -0.05) is 19.3 Å². The molecule has 0 radical (unpaired) electrons. The average molecular weight is 266 g/mol. The van der Waals surface area contributed by atoms with Crippen molar-refractivity contribution >= 4 is 17.7 Å². The maximum atomic E-state index is 11.7. The predicted molar refractivity (Wildman–Crippen MR) is 72.3 cm³/mol. The minimum absolute atomic E-state index is 0.108. The maximum Gasteiger partial charge on any atom is 0.314 e. The molecule has 0 saturated heterocycles. The molecule has 0 aliphatic heterocycles. The van der Waals surface area contributed by atoms with Crippen molar-refractivity contribution in [1.82, 2.24) is 0 Å². The molecule has 1 saturated carbocycles. The SMILES string of the molecule is CSc1ccc(O)c(C2(C(=O)O)CCCCC2)c1. The summed E-state index contributed by atoms with van der Waals surface area (Å²) in [6.45, 7) is 0. The second-order valence-corrected chi connectivity index (χ2v) is 5.71. The molecule has 4 heteroatoms. The Hall–Kier alpha value is -1.16. The van der Waals surface area contributed by atoms with Crippen molar-refractivity contribution in [3.05, 3.63) is 23.8 Å². The van der Waals surface area contributed by atoms with Crippen LogP contribution in [0.5, 0.6) is 5.75 Å². The van der Waals surface area contributed by atoms with Crippen LogP contribution in [-0.2, 0) is 10.2 Å².